The van der Waals surface area contributed by atoms with Crippen LogP contribution in [-0.2, 0) is 16.0 Å². The second-order valence-electron chi connectivity index (χ2n) is 5.33. The second kappa shape index (κ2) is 5.20. The zero-order valence-corrected chi connectivity index (χ0v) is 11.3. The number of hydrogen-bond donors (Lipinski definition) is 2. The molecule has 0 radical (unpaired) electrons. The molecule has 1 fully saturated rings. The SMILES string of the molecule is O=C(O)[C@H]1CC(=O)N(CCc2c[nH]c3ccc(F)cc23)C1. The van der Waals surface area contributed by atoms with Crippen LogP contribution in [0.2, 0.25) is 0 Å². The molecule has 2 aromatic rings. The van der Waals surface area contributed by atoms with Crippen LogP contribution in [0.25, 0.3) is 10.9 Å². The number of aromatic amines is 1. The lowest BCUT2D eigenvalue weighted by Crippen LogP contribution is -2.28. The van der Waals surface area contributed by atoms with E-state index in [1.165, 1.54) is 12.1 Å². The van der Waals surface area contributed by atoms with Gasteiger partial charge in [0.15, 0.2) is 0 Å². The van der Waals surface area contributed by atoms with Crippen molar-refractivity contribution in [3.05, 3.63) is 35.8 Å². The molecule has 0 aliphatic carbocycles. The molecule has 1 aliphatic heterocycles. The van der Waals surface area contributed by atoms with Crippen LogP contribution in [0.15, 0.2) is 24.4 Å². The van der Waals surface area contributed by atoms with E-state index in [1.807, 2.05) is 0 Å². The quantitative estimate of drug-likeness (QED) is 0.901. The smallest absolute Gasteiger partial charge is 0.308 e. The van der Waals surface area contributed by atoms with E-state index in [9.17, 15) is 14.0 Å². The molecule has 1 amide bonds. The molecule has 0 unspecified atom stereocenters. The van der Waals surface area contributed by atoms with Crippen molar-refractivity contribution in [2.75, 3.05) is 13.1 Å². The number of carbonyl (C=O) groups is 2. The number of amides is 1. The first-order chi connectivity index (χ1) is 10.0. The standard InChI is InChI=1S/C15H15FN2O3/c16-11-1-2-13-12(6-11)9(7-17-13)3-4-18-8-10(15(20)21)5-14(18)19/h1-2,6-7,10,17H,3-5,8H2,(H,20,21)/t10-/m0/s1. The Bertz CT molecular complexity index is 710. The third-order valence-corrected chi connectivity index (χ3v) is 3.94. The van der Waals surface area contributed by atoms with E-state index in [0.717, 1.165) is 16.5 Å². The third-order valence-electron chi connectivity index (χ3n) is 3.94. The molecule has 1 atom stereocenters. The minimum absolute atomic E-state index is 0.0673. The maximum atomic E-state index is 13.3. The predicted octanol–water partition coefficient (Wildman–Crippen LogP) is 1.78. The van der Waals surface area contributed by atoms with Crippen LogP contribution in [0.5, 0.6) is 0 Å². The van der Waals surface area contributed by atoms with Crippen LogP contribution in [-0.4, -0.2) is 40.0 Å². The summed E-state index contributed by atoms with van der Waals surface area (Å²) in [5.74, 6) is -1.97. The number of benzene rings is 1. The molecular formula is C15H15FN2O3. The molecule has 1 aromatic carbocycles. The Kier molecular flexibility index (Phi) is 3.37. The topological polar surface area (TPSA) is 73.4 Å². The van der Waals surface area contributed by atoms with Crippen LogP contribution in [0.1, 0.15) is 12.0 Å². The molecular weight excluding hydrogens is 275 g/mol. The van der Waals surface area contributed by atoms with Crippen LogP contribution in [0.4, 0.5) is 4.39 Å². The number of carbonyl (C=O) groups excluding carboxylic acids is 1. The first-order valence-electron chi connectivity index (χ1n) is 6.80. The molecule has 2 heterocycles. The highest BCUT2D eigenvalue weighted by atomic mass is 19.1. The normalized spacial score (nSPS) is 18.6. The van der Waals surface area contributed by atoms with Crippen molar-refractivity contribution in [2.45, 2.75) is 12.8 Å². The minimum atomic E-state index is -0.931. The van der Waals surface area contributed by atoms with Gasteiger partial charge in [-0.2, -0.15) is 0 Å². The van der Waals surface area contributed by atoms with Gasteiger partial charge < -0.3 is 15.0 Å². The second-order valence-corrected chi connectivity index (χ2v) is 5.33. The molecule has 2 N–H and O–H groups in total. The summed E-state index contributed by atoms with van der Waals surface area (Å²) in [6, 6.07) is 4.53. The zero-order valence-electron chi connectivity index (χ0n) is 11.3. The van der Waals surface area contributed by atoms with E-state index in [-0.39, 0.29) is 24.7 Å². The minimum Gasteiger partial charge on any atom is -0.481 e. The molecule has 5 nitrogen and oxygen atoms in total. The fourth-order valence-corrected chi connectivity index (χ4v) is 2.77. The van der Waals surface area contributed by atoms with Crippen molar-refractivity contribution in [3.63, 3.8) is 0 Å². The van der Waals surface area contributed by atoms with Gasteiger partial charge in [-0.3, -0.25) is 9.59 Å². The Balaban J connectivity index is 1.71. The summed E-state index contributed by atoms with van der Waals surface area (Å²) in [6.45, 7) is 0.705. The summed E-state index contributed by atoms with van der Waals surface area (Å²) in [5, 5.41) is 9.75. The van der Waals surface area contributed by atoms with Crippen LogP contribution >= 0.6 is 0 Å². The Hall–Kier alpha value is -2.37. The number of nitrogens with one attached hydrogen (secondary N) is 1. The van der Waals surface area contributed by atoms with E-state index >= 15 is 0 Å². The van der Waals surface area contributed by atoms with Crippen molar-refractivity contribution in [1.82, 2.24) is 9.88 Å². The van der Waals surface area contributed by atoms with Gasteiger partial charge in [-0.05, 0) is 30.2 Å². The summed E-state index contributed by atoms with van der Waals surface area (Å²) < 4.78 is 13.3. The number of hydrogen-bond acceptors (Lipinski definition) is 2. The predicted molar refractivity (Wildman–Crippen MR) is 74.3 cm³/mol. The van der Waals surface area contributed by atoms with Crippen molar-refractivity contribution < 1.29 is 19.1 Å². The highest BCUT2D eigenvalue weighted by Crippen LogP contribution is 2.22. The molecule has 3 rings (SSSR count). The summed E-state index contributed by atoms with van der Waals surface area (Å²) >= 11 is 0. The number of carboxylic acids is 1. The zero-order chi connectivity index (χ0) is 15.0. The lowest BCUT2D eigenvalue weighted by molar-refractivity contribution is -0.141. The Labute approximate surface area is 120 Å². The van der Waals surface area contributed by atoms with Crippen LogP contribution < -0.4 is 0 Å². The highest BCUT2D eigenvalue weighted by Gasteiger charge is 2.33. The number of nitrogens with zero attached hydrogens (tertiary/aromatic N) is 1. The maximum Gasteiger partial charge on any atom is 0.308 e. The van der Waals surface area contributed by atoms with Gasteiger partial charge in [-0.1, -0.05) is 0 Å². The Morgan fingerprint density at radius 3 is 3.00 bits per heavy atom. The maximum absolute atomic E-state index is 13.3. The van der Waals surface area contributed by atoms with Crippen LogP contribution in [0, 0.1) is 11.7 Å². The van der Waals surface area contributed by atoms with Crippen molar-refractivity contribution in [1.29, 1.82) is 0 Å². The first kappa shape index (κ1) is 13.6. The number of aromatic nitrogens is 1. The number of rotatable bonds is 4. The van der Waals surface area contributed by atoms with E-state index < -0.39 is 11.9 Å². The number of halogens is 1. The van der Waals surface area contributed by atoms with Crippen LogP contribution in [0.3, 0.4) is 0 Å². The fourth-order valence-electron chi connectivity index (χ4n) is 2.77. The van der Waals surface area contributed by atoms with Gasteiger partial charge in [0.25, 0.3) is 0 Å². The van der Waals surface area contributed by atoms with Gasteiger partial charge in [0.1, 0.15) is 5.82 Å². The highest BCUT2D eigenvalue weighted by molar-refractivity contribution is 5.86. The van der Waals surface area contributed by atoms with E-state index in [4.69, 9.17) is 5.11 Å². The average Bonchev–Trinajstić information content (AvgIpc) is 3.00. The monoisotopic (exact) mass is 290 g/mol. The van der Waals surface area contributed by atoms with Gasteiger partial charge in [0.05, 0.1) is 5.92 Å². The van der Waals surface area contributed by atoms with E-state index in [0.29, 0.717) is 13.0 Å². The number of H-pyrrole nitrogens is 1. The molecule has 110 valence electrons. The fraction of sp³-hybridized carbons (Fsp3) is 0.333. The van der Waals surface area contributed by atoms with E-state index in [1.54, 1.807) is 17.2 Å². The number of carboxylic acid groups (broad SMARTS) is 1. The summed E-state index contributed by atoms with van der Waals surface area (Å²) in [6.07, 6.45) is 2.44. The van der Waals surface area contributed by atoms with Crippen molar-refractivity contribution in [3.8, 4) is 0 Å². The molecule has 6 heteroatoms. The Morgan fingerprint density at radius 1 is 1.48 bits per heavy atom. The molecule has 1 aromatic heterocycles. The molecule has 1 saturated heterocycles. The van der Waals surface area contributed by atoms with Gasteiger partial charge >= 0.3 is 5.97 Å². The Morgan fingerprint density at radius 2 is 2.29 bits per heavy atom. The van der Waals surface area contributed by atoms with Crippen molar-refractivity contribution in [2.24, 2.45) is 5.92 Å². The van der Waals surface area contributed by atoms with Gasteiger partial charge in [0.2, 0.25) is 5.91 Å². The number of fused-ring (bicyclic) bond motifs is 1. The molecule has 1 aliphatic rings. The lowest BCUT2D eigenvalue weighted by Gasteiger charge is -2.15. The number of aliphatic carboxylic acids is 1. The third kappa shape index (κ3) is 2.61. The van der Waals surface area contributed by atoms with Gasteiger partial charge in [0, 0.05) is 36.6 Å². The largest absolute Gasteiger partial charge is 0.481 e. The lowest BCUT2D eigenvalue weighted by atomic mass is 10.1. The summed E-state index contributed by atoms with van der Waals surface area (Å²) in [4.78, 5) is 27.3. The summed E-state index contributed by atoms with van der Waals surface area (Å²) in [7, 11) is 0. The molecule has 21 heavy (non-hydrogen) atoms. The summed E-state index contributed by atoms with van der Waals surface area (Å²) in [5.41, 5.74) is 1.78. The average molecular weight is 290 g/mol. The van der Waals surface area contributed by atoms with E-state index in [2.05, 4.69) is 4.98 Å². The molecule has 0 bridgehead atoms. The number of likely N-dealkylation sites (tertiary alicyclic amines) is 1. The van der Waals surface area contributed by atoms with Gasteiger partial charge in [-0.15, -0.1) is 0 Å². The van der Waals surface area contributed by atoms with Crippen molar-refractivity contribution >= 4 is 22.8 Å². The molecule has 0 spiro atoms. The first-order valence-corrected chi connectivity index (χ1v) is 6.80. The molecule has 0 saturated carbocycles. The van der Waals surface area contributed by atoms with Gasteiger partial charge in [-0.25, -0.2) is 4.39 Å².